The summed E-state index contributed by atoms with van der Waals surface area (Å²) >= 11 is 0. The summed E-state index contributed by atoms with van der Waals surface area (Å²) in [6.45, 7) is 9.55. The molecule has 1 fully saturated rings. The zero-order chi connectivity index (χ0) is 12.3. The summed E-state index contributed by atoms with van der Waals surface area (Å²) in [6.07, 6.45) is 2.58. The molecule has 2 atom stereocenters. The fourth-order valence-electron chi connectivity index (χ4n) is 2.04. The minimum Gasteiger partial charge on any atom is -0.394 e. The molecule has 0 saturated carbocycles. The molecule has 16 heavy (non-hydrogen) atoms. The van der Waals surface area contributed by atoms with Crippen molar-refractivity contribution >= 4 is 5.91 Å². The minimum atomic E-state index is 0.0691. The Morgan fingerprint density at radius 3 is 2.62 bits per heavy atom. The predicted molar refractivity (Wildman–Crippen MR) is 65.1 cm³/mol. The lowest BCUT2D eigenvalue weighted by atomic mass is 9.80. The Hall–Kier alpha value is -0.570. The van der Waals surface area contributed by atoms with Gasteiger partial charge in [0.1, 0.15) is 0 Å². The van der Waals surface area contributed by atoms with Crippen LogP contribution in [0.2, 0.25) is 0 Å². The topological polar surface area (TPSA) is 40.5 Å². The number of likely N-dealkylation sites (tertiary alicyclic amines) is 1. The van der Waals surface area contributed by atoms with Gasteiger partial charge in [0.25, 0.3) is 0 Å². The van der Waals surface area contributed by atoms with Crippen molar-refractivity contribution < 1.29 is 9.90 Å². The molecule has 2 unspecified atom stereocenters. The molecule has 1 aliphatic heterocycles. The number of hydrogen-bond donors (Lipinski definition) is 1. The van der Waals surface area contributed by atoms with E-state index in [0.29, 0.717) is 12.3 Å². The van der Waals surface area contributed by atoms with Crippen LogP contribution in [0.25, 0.3) is 0 Å². The third-order valence-corrected chi connectivity index (χ3v) is 3.87. The number of amides is 1. The zero-order valence-corrected chi connectivity index (χ0v) is 11.0. The minimum absolute atomic E-state index is 0.0691. The first-order valence-corrected chi connectivity index (χ1v) is 6.26. The average Bonchev–Trinajstić information content (AvgIpc) is 2.63. The summed E-state index contributed by atoms with van der Waals surface area (Å²) in [4.78, 5) is 13.9. The number of carbonyl (C=O) groups excluding carboxylic acids is 1. The summed E-state index contributed by atoms with van der Waals surface area (Å²) in [6, 6.07) is 0.0691. The molecule has 0 spiro atoms. The maximum atomic E-state index is 12.1. The van der Waals surface area contributed by atoms with Crippen LogP contribution in [-0.2, 0) is 4.79 Å². The lowest BCUT2D eigenvalue weighted by molar-refractivity contribution is -0.134. The van der Waals surface area contributed by atoms with Crippen LogP contribution in [0.5, 0.6) is 0 Å². The molecular weight excluding hydrogens is 202 g/mol. The average molecular weight is 227 g/mol. The molecule has 0 aliphatic carbocycles. The highest BCUT2D eigenvalue weighted by Gasteiger charge is 2.31. The van der Waals surface area contributed by atoms with E-state index in [-0.39, 0.29) is 24.0 Å². The van der Waals surface area contributed by atoms with Gasteiger partial charge in [-0.05, 0) is 24.2 Å². The summed E-state index contributed by atoms with van der Waals surface area (Å²) in [5.74, 6) is 0.582. The molecule has 1 N–H and O–H groups in total. The fraction of sp³-hybridized carbons (Fsp3) is 0.923. The smallest absolute Gasteiger partial charge is 0.223 e. The highest BCUT2D eigenvalue weighted by atomic mass is 16.3. The van der Waals surface area contributed by atoms with E-state index in [1.54, 1.807) is 0 Å². The highest BCUT2D eigenvalue weighted by Crippen LogP contribution is 2.29. The molecule has 0 aromatic heterocycles. The molecule has 3 heteroatoms. The van der Waals surface area contributed by atoms with Crippen molar-refractivity contribution in [1.82, 2.24) is 4.90 Å². The maximum absolute atomic E-state index is 12.1. The van der Waals surface area contributed by atoms with Crippen LogP contribution in [-0.4, -0.2) is 35.1 Å². The third kappa shape index (κ3) is 3.21. The van der Waals surface area contributed by atoms with Crippen molar-refractivity contribution in [2.24, 2.45) is 11.3 Å². The van der Waals surface area contributed by atoms with Gasteiger partial charge in [-0.1, -0.05) is 27.7 Å². The first-order valence-electron chi connectivity index (χ1n) is 6.26. The Balaban J connectivity index is 2.52. The molecule has 1 rings (SSSR count). The van der Waals surface area contributed by atoms with Crippen LogP contribution < -0.4 is 0 Å². The van der Waals surface area contributed by atoms with E-state index in [9.17, 15) is 9.90 Å². The lowest BCUT2D eigenvalue weighted by Gasteiger charge is -2.30. The van der Waals surface area contributed by atoms with Crippen molar-refractivity contribution in [1.29, 1.82) is 0 Å². The van der Waals surface area contributed by atoms with Crippen LogP contribution in [0, 0.1) is 11.3 Å². The lowest BCUT2D eigenvalue weighted by Crippen LogP contribution is -2.39. The van der Waals surface area contributed by atoms with Crippen LogP contribution in [0.4, 0.5) is 0 Å². The monoisotopic (exact) mass is 227 g/mol. The van der Waals surface area contributed by atoms with Gasteiger partial charge < -0.3 is 10.0 Å². The van der Waals surface area contributed by atoms with Gasteiger partial charge in [0.05, 0.1) is 12.6 Å². The maximum Gasteiger partial charge on any atom is 0.223 e. The van der Waals surface area contributed by atoms with E-state index in [0.717, 1.165) is 19.4 Å². The van der Waals surface area contributed by atoms with Crippen molar-refractivity contribution in [2.45, 2.75) is 53.0 Å². The highest BCUT2D eigenvalue weighted by molar-refractivity contribution is 5.77. The van der Waals surface area contributed by atoms with Crippen LogP contribution >= 0.6 is 0 Å². The van der Waals surface area contributed by atoms with Gasteiger partial charge in [-0.2, -0.15) is 0 Å². The normalized spacial score (nSPS) is 23.6. The largest absolute Gasteiger partial charge is 0.394 e. The molecule has 1 heterocycles. The van der Waals surface area contributed by atoms with Gasteiger partial charge >= 0.3 is 0 Å². The molecule has 1 saturated heterocycles. The molecule has 0 bridgehead atoms. The summed E-state index contributed by atoms with van der Waals surface area (Å²) in [7, 11) is 0. The molecule has 0 aromatic rings. The number of aliphatic hydroxyl groups excluding tert-OH is 1. The second-order valence-corrected chi connectivity index (χ2v) is 6.04. The van der Waals surface area contributed by atoms with E-state index in [2.05, 4.69) is 27.7 Å². The van der Waals surface area contributed by atoms with Crippen molar-refractivity contribution in [3.63, 3.8) is 0 Å². The third-order valence-electron chi connectivity index (χ3n) is 3.87. The SMILES string of the molecule is CC(CC(=O)N1CCCC1CO)C(C)(C)C. The van der Waals surface area contributed by atoms with E-state index in [1.165, 1.54) is 0 Å². The Morgan fingerprint density at radius 2 is 2.12 bits per heavy atom. The zero-order valence-electron chi connectivity index (χ0n) is 11.0. The summed E-state index contributed by atoms with van der Waals surface area (Å²) < 4.78 is 0. The van der Waals surface area contributed by atoms with E-state index in [4.69, 9.17) is 0 Å². The number of carbonyl (C=O) groups is 1. The molecule has 3 nitrogen and oxygen atoms in total. The molecule has 1 aliphatic rings. The molecule has 1 amide bonds. The number of rotatable bonds is 3. The molecule has 94 valence electrons. The Kier molecular flexibility index (Phi) is 4.36. The van der Waals surface area contributed by atoms with Crippen LogP contribution in [0.15, 0.2) is 0 Å². The van der Waals surface area contributed by atoms with Crippen LogP contribution in [0.1, 0.15) is 47.0 Å². The Morgan fingerprint density at radius 1 is 1.50 bits per heavy atom. The van der Waals surface area contributed by atoms with Crippen molar-refractivity contribution in [2.75, 3.05) is 13.2 Å². The fourth-order valence-corrected chi connectivity index (χ4v) is 2.04. The predicted octanol–water partition coefficient (Wildman–Crippen LogP) is 2.04. The molecule has 0 aromatic carbocycles. The van der Waals surface area contributed by atoms with Crippen molar-refractivity contribution in [3.8, 4) is 0 Å². The van der Waals surface area contributed by atoms with Gasteiger partial charge in [0, 0.05) is 13.0 Å². The number of nitrogens with zero attached hydrogens (tertiary/aromatic N) is 1. The van der Waals surface area contributed by atoms with Gasteiger partial charge in [0.2, 0.25) is 5.91 Å². The van der Waals surface area contributed by atoms with Gasteiger partial charge in [-0.25, -0.2) is 0 Å². The van der Waals surface area contributed by atoms with Crippen LogP contribution in [0.3, 0.4) is 0 Å². The van der Waals surface area contributed by atoms with E-state index >= 15 is 0 Å². The number of aliphatic hydroxyl groups is 1. The second-order valence-electron chi connectivity index (χ2n) is 6.04. The Labute approximate surface area is 98.8 Å². The summed E-state index contributed by atoms with van der Waals surface area (Å²) in [5, 5.41) is 9.19. The quantitative estimate of drug-likeness (QED) is 0.801. The second kappa shape index (κ2) is 5.17. The van der Waals surface area contributed by atoms with E-state index in [1.807, 2.05) is 4.90 Å². The first kappa shape index (κ1) is 13.5. The standard InChI is InChI=1S/C13H25NO2/c1-10(13(2,3)4)8-12(16)14-7-5-6-11(14)9-15/h10-11,15H,5-9H2,1-4H3. The van der Waals surface area contributed by atoms with Gasteiger partial charge in [-0.15, -0.1) is 0 Å². The van der Waals surface area contributed by atoms with E-state index < -0.39 is 0 Å². The van der Waals surface area contributed by atoms with Crippen molar-refractivity contribution in [3.05, 3.63) is 0 Å². The number of hydrogen-bond acceptors (Lipinski definition) is 2. The molecular formula is C13H25NO2. The summed E-state index contributed by atoms with van der Waals surface area (Å²) in [5.41, 5.74) is 0.171. The Bertz CT molecular complexity index is 245. The van der Waals surface area contributed by atoms with Gasteiger partial charge in [0.15, 0.2) is 0 Å². The van der Waals surface area contributed by atoms with Gasteiger partial charge in [-0.3, -0.25) is 4.79 Å². The first-order chi connectivity index (χ1) is 7.36. The molecule has 0 radical (unpaired) electrons.